The summed E-state index contributed by atoms with van der Waals surface area (Å²) in [6.45, 7) is 0. The number of hydrogen-bond acceptors (Lipinski definition) is 6. The molecule has 0 saturated heterocycles. The molecule has 31 heavy (non-hydrogen) atoms. The fourth-order valence-corrected chi connectivity index (χ4v) is 7.78. The highest BCUT2D eigenvalue weighted by molar-refractivity contribution is 7.44. The van der Waals surface area contributed by atoms with Gasteiger partial charge < -0.3 is 9.47 Å². The molecule has 0 bridgehead atoms. The molecule has 0 atom stereocenters. The van der Waals surface area contributed by atoms with E-state index in [9.17, 15) is 0 Å². The highest BCUT2D eigenvalue weighted by Gasteiger charge is 2.38. The third-order valence-electron chi connectivity index (χ3n) is 5.69. The number of rotatable bonds is 4. The monoisotopic (exact) mass is 463 g/mol. The Balaban J connectivity index is 1.60. The minimum absolute atomic E-state index is 0.215. The molecule has 0 N–H and O–H groups in total. The van der Waals surface area contributed by atoms with E-state index >= 15 is 0 Å². The number of fused-ring (bicyclic) bond motifs is 6. The van der Waals surface area contributed by atoms with Gasteiger partial charge in [-0.15, -0.1) is 22.7 Å². The third-order valence-corrected chi connectivity index (χ3v) is 9.25. The van der Waals surface area contributed by atoms with Gasteiger partial charge in [-0.3, -0.25) is 0 Å². The van der Waals surface area contributed by atoms with Crippen molar-refractivity contribution in [3.05, 3.63) is 71.4 Å². The van der Waals surface area contributed by atoms with Crippen molar-refractivity contribution < 1.29 is 9.47 Å². The fourth-order valence-electron chi connectivity index (χ4n) is 4.19. The van der Waals surface area contributed by atoms with Gasteiger partial charge in [-0.05, 0) is 71.4 Å². The van der Waals surface area contributed by atoms with Crippen LogP contribution in [0.1, 0.15) is 0 Å². The zero-order valence-corrected chi connectivity index (χ0v) is 19.8. The number of benzene rings is 3. The largest absolute Gasteiger partial charge is 0.497 e. The van der Waals surface area contributed by atoms with Crippen molar-refractivity contribution in [1.29, 1.82) is 0 Å². The van der Waals surface area contributed by atoms with Crippen LogP contribution in [0.4, 0.5) is 22.7 Å². The Morgan fingerprint density at radius 2 is 1.03 bits per heavy atom. The van der Waals surface area contributed by atoms with Gasteiger partial charge in [-0.1, -0.05) is 0 Å². The molecule has 2 aromatic heterocycles. The van der Waals surface area contributed by atoms with E-state index in [4.69, 9.17) is 9.47 Å². The first-order valence-corrected chi connectivity index (χ1v) is 12.7. The molecule has 0 fully saturated rings. The summed E-state index contributed by atoms with van der Waals surface area (Å²) >= 11 is 3.66. The standard InChI is InChI=1S/C24H19N2O2PS2/c1-27-17-7-3-15(4-8-17)25-21-19-11-13-30-23(19)24-20(12-14-31-24)22(21)26(29-25)16-5-9-18(28-2)10-6-16/h3-14,29H,1-2H3/p+1. The first-order valence-electron chi connectivity index (χ1n) is 9.90. The van der Waals surface area contributed by atoms with Crippen LogP contribution < -0.4 is 18.8 Å². The van der Waals surface area contributed by atoms with Gasteiger partial charge in [0.25, 0.3) is 0 Å². The average Bonchev–Trinajstić information content (AvgIpc) is 3.56. The van der Waals surface area contributed by atoms with E-state index < -0.39 is 0 Å². The minimum atomic E-state index is -0.215. The van der Waals surface area contributed by atoms with Gasteiger partial charge in [0.15, 0.2) is 8.88 Å². The zero-order chi connectivity index (χ0) is 20.9. The van der Waals surface area contributed by atoms with E-state index in [-0.39, 0.29) is 8.88 Å². The molecular formula is C24H20N2O2PS2+. The maximum absolute atomic E-state index is 5.39. The van der Waals surface area contributed by atoms with Crippen LogP contribution in [0.15, 0.2) is 71.4 Å². The van der Waals surface area contributed by atoms with Crippen molar-refractivity contribution in [1.82, 2.24) is 0 Å². The molecule has 0 aliphatic carbocycles. The van der Waals surface area contributed by atoms with Gasteiger partial charge in [0.1, 0.15) is 22.9 Å². The summed E-state index contributed by atoms with van der Waals surface area (Å²) in [6, 6.07) is 21.3. The Hall–Kier alpha value is -2.79. The lowest BCUT2D eigenvalue weighted by atomic mass is 10.1. The Kier molecular flexibility index (Phi) is 4.53. The normalized spacial score (nSPS) is 13.2. The van der Waals surface area contributed by atoms with E-state index in [1.807, 2.05) is 46.9 Å². The van der Waals surface area contributed by atoms with Crippen LogP contribution in [0.25, 0.3) is 20.2 Å². The second-order valence-electron chi connectivity index (χ2n) is 7.28. The summed E-state index contributed by atoms with van der Waals surface area (Å²) in [5, 5.41) is 7.08. The van der Waals surface area contributed by atoms with Gasteiger partial charge in [0.05, 0.1) is 35.0 Å². The topological polar surface area (TPSA) is 24.9 Å². The number of nitrogens with zero attached hydrogens (tertiary/aromatic N) is 2. The van der Waals surface area contributed by atoms with Crippen LogP contribution in [0.2, 0.25) is 0 Å². The summed E-state index contributed by atoms with van der Waals surface area (Å²) < 4.78 is 18.5. The quantitative estimate of drug-likeness (QED) is 0.255. The molecule has 154 valence electrons. The van der Waals surface area contributed by atoms with E-state index in [0.29, 0.717) is 0 Å². The first-order chi connectivity index (χ1) is 15.3. The maximum Gasteiger partial charge on any atom is 0.182 e. The molecule has 1 aliphatic heterocycles. The summed E-state index contributed by atoms with van der Waals surface area (Å²) in [5.41, 5.74) is 4.99. The van der Waals surface area contributed by atoms with E-state index in [1.54, 1.807) is 14.2 Å². The maximum atomic E-state index is 5.39. The second kappa shape index (κ2) is 7.41. The summed E-state index contributed by atoms with van der Waals surface area (Å²) in [7, 11) is 3.20. The number of methoxy groups -OCH3 is 2. The van der Waals surface area contributed by atoms with E-state index in [0.717, 1.165) is 11.5 Å². The lowest BCUT2D eigenvalue weighted by Gasteiger charge is -2.15. The third kappa shape index (κ3) is 2.90. The van der Waals surface area contributed by atoms with Crippen LogP contribution >= 0.6 is 31.6 Å². The van der Waals surface area contributed by atoms with Gasteiger partial charge in [-0.2, -0.15) is 9.34 Å². The predicted molar refractivity (Wildman–Crippen MR) is 137 cm³/mol. The summed E-state index contributed by atoms with van der Waals surface area (Å²) in [5.74, 6) is 1.75. The molecule has 0 unspecified atom stereocenters. The molecule has 0 spiro atoms. The molecule has 1 aliphatic rings. The second-order valence-corrected chi connectivity index (χ2v) is 10.4. The lowest BCUT2D eigenvalue weighted by molar-refractivity contribution is 0.415. The molecule has 7 heteroatoms. The Bertz CT molecular complexity index is 1290. The number of hydrogen-bond donors (Lipinski definition) is 0. The molecule has 0 saturated carbocycles. The first kappa shape index (κ1) is 18.9. The highest BCUT2D eigenvalue weighted by atomic mass is 32.1. The van der Waals surface area contributed by atoms with Crippen LogP contribution in [0.5, 0.6) is 11.5 Å². The molecular weight excluding hydrogens is 443 g/mol. The SMILES string of the molecule is COc1ccc(N2[PH2+]N(c3ccc(OC)cc3)c3c2c2ccsc2c2sccc32)cc1. The molecule has 0 amide bonds. The van der Waals surface area contributed by atoms with Crippen molar-refractivity contribution in [3.8, 4) is 11.5 Å². The van der Waals surface area contributed by atoms with E-state index in [1.165, 1.54) is 42.9 Å². The number of anilines is 4. The van der Waals surface area contributed by atoms with Crippen molar-refractivity contribution in [2.24, 2.45) is 0 Å². The van der Waals surface area contributed by atoms with Gasteiger partial charge in [-0.25, -0.2) is 0 Å². The molecule has 3 heterocycles. The Morgan fingerprint density at radius 3 is 1.42 bits per heavy atom. The minimum Gasteiger partial charge on any atom is -0.497 e. The van der Waals surface area contributed by atoms with Crippen molar-refractivity contribution in [2.45, 2.75) is 0 Å². The van der Waals surface area contributed by atoms with Gasteiger partial charge >= 0.3 is 0 Å². The van der Waals surface area contributed by atoms with Crippen molar-refractivity contribution in [2.75, 3.05) is 23.6 Å². The van der Waals surface area contributed by atoms with Gasteiger partial charge in [0, 0.05) is 10.8 Å². The Morgan fingerprint density at radius 1 is 0.613 bits per heavy atom. The average molecular weight is 464 g/mol. The number of thiophene rings is 2. The van der Waals surface area contributed by atoms with Crippen LogP contribution in [-0.4, -0.2) is 14.2 Å². The molecule has 5 aromatic rings. The number of ether oxygens (including phenoxy) is 2. The molecule has 3 aromatic carbocycles. The highest BCUT2D eigenvalue weighted by Crippen LogP contribution is 2.62. The van der Waals surface area contributed by atoms with Crippen molar-refractivity contribution >= 4 is 74.5 Å². The molecule has 6 rings (SSSR count). The van der Waals surface area contributed by atoms with Crippen molar-refractivity contribution in [3.63, 3.8) is 0 Å². The smallest absolute Gasteiger partial charge is 0.182 e. The van der Waals surface area contributed by atoms with Crippen LogP contribution in [-0.2, 0) is 0 Å². The Labute approximate surface area is 190 Å². The van der Waals surface area contributed by atoms with Gasteiger partial charge in [0.2, 0.25) is 0 Å². The summed E-state index contributed by atoms with van der Waals surface area (Å²) in [6.07, 6.45) is 0. The zero-order valence-electron chi connectivity index (χ0n) is 17.0. The molecule has 4 nitrogen and oxygen atoms in total. The van der Waals surface area contributed by atoms with Crippen LogP contribution in [0, 0.1) is 0 Å². The van der Waals surface area contributed by atoms with E-state index in [2.05, 4.69) is 56.5 Å². The lowest BCUT2D eigenvalue weighted by Crippen LogP contribution is -2.05. The fraction of sp³-hybridized carbons (Fsp3) is 0.0833. The summed E-state index contributed by atoms with van der Waals surface area (Å²) in [4.78, 5) is 0. The van der Waals surface area contributed by atoms with Crippen LogP contribution in [0.3, 0.4) is 0 Å². The predicted octanol–water partition coefficient (Wildman–Crippen LogP) is 7.66. The molecule has 0 radical (unpaired) electrons.